The van der Waals surface area contributed by atoms with Crippen molar-refractivity contribution in [2.75, 3.05) is 6.54 Å². The molecule has 2 heteroatoms. The van der Waals surface area contributed by atoms with E-state index in [0.29, 0.717) is 17.9 Å². The molecule has 0 aromatic heterocycles. The van der Waals surface area contributed by atoms with Crippen molar-refractivity contribution >= 4 is 0 Å². The van der Waals surface area contributed by atoms with Gasteiger partial charge in [0.05, 0.1) is 5.60 Å². The zero-order valence-corrected chi connectivity index (χ0v) is 8.71. The Kier molecular flexibility index (Phi) is 1.97. The third-order valence-corrected chi connectivity index (χ3v) is 4.62. The van der Waals surface area contributed by atoms with Gasteiger partial charge in [-0.25, -0.2) is 0 Å². The van der Waals surface area contributed by atoms with Crippen molar-refractivity contribution in [2.24, 2.45) is 23.0 Å². The van der Waals surface area contributed by atoms with Crippen molar-refractivity contribution in [1.29, 1.82) is 0 Å². The molecule has 2 nitrogen and oxygen atoms in total. The minimum Gasteiger partial charge on any atom is -0.390 e. The van der Waals surface area contributed by atoms with Gasteiger partial charge in [-0.3, -0.25) is 0 Å². The Morgan fingerprint density at radius 3 is 2.62 bits per heavy atom. The predicted octanol–water partition coefficient (Wildman–Crippen LogP) is 1.52. The van der Waals surface area contributed by atoms with E-state index in [0.717, 1.165) is 18.8 Å². The molecular weight excluding hydrogens is 162 g/mol. The number of rotatable bonds is 2. The fourth-order valence-electron chi connectivity index (χ4n) is 3.57. The van der Waals surface area contributed by atoms with Crippen molar-refractivity contribution in [3.05, 3.63) is 0 Å². The van der Waals surface area contributed by atoms with E-state index in [1.165, 1.54) is 12.8 Å². The lowest BCUT2D eigenvalue weighted by molar-refractivity contribution is -0.203. The first-order chi connectivity index (χ1) is 6.00. The van der Waals surface area contributed by atoms with Crippen molar-refractivity contribution in [3.8, 4) is 0 Å². The van der Waals surface area contributed by atoms with Gasteiger partial charge in [-0.15, -0.1) is 0 Å². The summed E-state index contributed by atoms with van der Waals surface area (Å²) in [5.74, 6) is 1.36. The van der Waals surface area contributed by atoms with Crippen LogP contribution in [0.3, 0.4) is 0 Å². The molecule has 0 aromatic carbocycles. The second kappa shape index (κ2) is 2.71. The zero-order valence-electron chi connectivity index (χ0n) is 8.71. The van der Waals surface area contributed by atoms with Crippen LogP contribution >= 0.6 is 0 Å². The minimum absolute atomic E-state index is 0.363. The monoisotopic (exact) mass is 183 g/mol. The van der Waals surface area contributed by atoms with Crippen molar-refractivity contribution in [1.82, 2.24) is 0 Å². The van der Waals surface area contributed by atoms with Gasteiger partial charge < -0.3 is 10.8 Å². The molecule has 0 aromatic rings. The van der Waals surface area contributed by atoms with Crippen LogP contribution in [0.5, 0.6) is 0 Å². The molecule has 3 unspecified atom stereocenters. The third-order valence-electron chi connectivity index (χ3n) is 4.62. The fraction of sp³-hybridized carbons (Fsp3) is 1.00. The van der Waals surface area contributed by atoms with E-state index >= 15 is 0 Å². The Morgan fingerprint density at radius 2 is 2.15 bits per heavy atom. The molecular formula is C11H21NO. The summed E-state index contributed by atoms with van der Waals surface area (Å²) in [7, 11) is 0. The molecule has 3 rings (SSSR count). The van der Waals surface area contributed by atoms with Gasteiger partial charge in [-0.05, 0) is 49.5 Å². The van der Waals surface area contributed by atoms with Crippen LogP contribution in [0.2, 0.25) is 0 Å². The summed E-state index contributed by atoms with van der Waals surface area (Å²) in [6.45, 7) is 5.21. The van der Waals surface area contributed by atoms with Gasteiger partial charge in [0.2, 0.25) is 0 Å². The predicted molar refractivity (Wildman–Crippen MR) is 53.2 cm³/mol. The lowest BCUT2D eigenvalue weighted by atomic mass is 9.43. The van der Waals surface area contributed by atoms with Gasteiger partial charge in [-0.1, -0.05) is 13.8 Å². The Bertz CT molecular complexity index is 208. The average molecular weight is 183 g/mol. The lowest BCUT2D eigenvalue weighted by Crippen LogP contribution is -2.61. The van der Waals surface area contributed by atoms with Crippen LogP contribution in [0.15, 0.2) is 0 Å². The molecule has 3 fully saturated rings. The molecule has 3 atom stereocenters. The number of hydrogen-bond donors (Lipinski definition) is 2. The zero-order chi connectivity index (χ0) is 9.69. The van der Waals surface area contributed by atoms with Crippen molar-refractivity contribution in [3.63, 3.8) is 0 Å². The maximum atomic E-state index is 10.4. The number of hydrogen-bond acceptors (Lipinski definition) is 2. The summed E-state index contributed by atoms with van der Waals surface area (Å²) in [6, 6.07) is 0. The molecule has 3 saturated carbocycles. The van der Waals surface area contributed by atoms with E-state index < -0.39 is 5.60 Å². The molecule has 3 N–H and O–H groups in total. The van der Waals surface area contributed by atoms with E-state index in [9.17, 15) is 5.11 Å². The standard InChI is InChI=1S/C11H21NO/c1-10(2)8-3-4-11(13,5-6-12)9(10)7-8/h8-9,13H,3-7,12H2,1-2H3. The summed E-state index contributed by atoms with van der Waals surface area (Å²) < 4.78 is 0. The van der Waals surface area contributed by atoms with Crippen LogP contribution in [-0.2, 0) is 0 Å². The van der Waals surface area contributed by atoms with E-state index in [4.69, 9.17) is 5.73 Å². The molecule has 0 aliphatic heterocycles. The highest BCUT2D eigenvalue weighted by Gasteiger charge is 2.60. The Balaban J connectivity index is 2.14. The van der Waals surface area contributed by atoms with Crippen molar-refractivity contribution < 1.29 is 5.11 Å². The van der Waals surface area contributed by atoms with E-state index in [2.05, 4.69) is 13.8 Å². The average Bonchev–Trinajstić information content (AvgIpc) is 2.03. The molecule has 0 heterocycles. The molecule has 0 saturated heterocycles. The Morgan fingerprint density at radius 1 is 1.46 bits per heavy atom. The molecule has 3 aliphatic rings. The van der Waals surface area contributed by atoms with E-state index in [-0.39, 0.29) is 0 Å². The number of fused-ring (bicyclic) bond motifs is 2. The first-order valence-corrected chi connectivity index (χ1v) is 5.43. The van der Waals surface area contributed by atoms with Crippen LogP contribution in [-0.4, -0.2) is 17.3 Å². The Labute approximate surface area is 80.5 Å². The first-order valence-electron chi connectivity index (χ1n) is 5.43. The van der Waals surface area contributed by atoms with Gasteiger partial charge in [0.25, 0.3) is 0 Å². The molecule has 0 radical (unpaired) electrons. The summed E-state index contributed by atoms with van der Waals surface area (Å²) in [5.41, 5.74) is 5.48. The number of aliphatic hydroxyl groups is 1. The quantitative estimate of drug-likeness (QED) is 0.682. The third kappa shape index (κ3) is 1.15. The van der Waals surface area contributed by atoms with E-state index in [1.54, 1.807) is 0 Å². The molecule has 13 heavy (non-hydrogen) atoms. The maximum Gasteiger partial charge on any atom is 0.0693 e. The summed E-state index contributed by atoms with van der Waals surface area (Å²) in [4.78, 5) is 0. The fourth-order valence-corrected chi connectivity index (χ4v) is 3.57. The van der Waals surface area contributed by atoms with Crippen LogP contribution in [0.1, 0.15) is 39.5 Å². The lowest BCUT2D eigenvalue weighted by Gasteiger charge is -2.63. The highest BCUT2D eigenvalue weighted by Crippen LogP contribution is 2.63. The SMILES string of the molecule is CC1(C)C2CCC(O)(CCN)C1C2. The summed E-state index contributed by atoms with van der Waals surface area (Å²) in [5, 5.41) is 10.4. The second-order valence-electron chi connectivity index (χ2n) is 5.49. The minimum atomic E-state index is -0.437. The van der Waals surface area contributed by atoms with Gasteiger partial charge in [0, 0.05) is 0 Å². The van der Waals surface area contributed by atoms with E-state index in [1.807, 2.05) is 0 Å². The van der Waals surface area contributed by atoms with Crippen LogP contribution < -0.4 is 5.73 Å². The van der Waals surface area contributed by atoms with Gasteiger partial charge in [0.15, 0.2) is 0 Å². The van der Waals surface area contributed by atoms with Gasteiger partial charge in [0.1, 0.15) is 0 Å². The Hall–Kier alpha value is -0.0800. The summed E-state index contributed by atoms with van der Waals surface area (Å²) >= 11 is 0. The molecule has 0 spiro atoms. The van der Waals surface area contributed by atoms with Gasteiger partial charge >= 0.3 is 0 Å². The smallest absolute Gasteiger partial charge is 0.0693 e. The highest BCUT2D eigenvalue weighted by atomic mass is 16.3. The highest BCUT2D eigenvalue weighted by molar-refractivity contribution is 5.10. The molecule has 76 valence electrons. The molecule has 0 amide bonds. The molecule has 2 bridgehead atoms. The summed E-state index contributed by atoms with van der Waals surface area (Å²) in [6.07, 6.45) is 4.18. The van der Waals surface area contributed by atoms with Crippen molar-refractivity contribution in [2.45, 2.75) is 45.1 Å². The van der Waals surface area contributed by atoms with Crippen LogP contribution in [0.4, 0.5) is 0 Å². The second-order valence-corrected chi connectivity index (χ2v) is 5.49. The van der Waals surface area contributed by atoms with Crippen LogP contribution in [0, 0.1) is 17.3 Å². The molecule has 3 aliphatic carbocycles. The maximum absolute atomic E-state index is 10.4. The normalized spacial score (nSPS) is 47.1. The number of nitrogens with two attached hydrogens (primary N) is 1. The van der Waals surface area contributed by atoms with Gasteiger partial charge in [-0.2, -0.15) is 0 Å². The van der Waals surface area contributed by atoms with Crippen LogP contribution in [0.25, 0.3) is 0 Å². The first kappa shape index (κ1) is 9.47. The topological polar surface area (TPSA) is 46.2 Å². The largest absolute Gasteiger partial charge is 0.390 e.